The molecule has 1 aromatic carbocycles. The van der Waals surface area contributed by atoms with Crippen molar-refractivity contribution in [3.8, 4) is 0 Å². The molecule has 0 spiro atoms. The Balaban J connectivity index is 2.07. The van der Waals surface area contributed by atoms with Crippen LogP contribution in [0.4, 0.5) is 8.78 Å². The summed E-state index contributed by atoms with van der Waals surface area (Å²) in [6.07, 6.45) is 1.90. The van der Waals surface area contributed by atoms with Gasteiger partial charge in [0, 0.05) is 24.7 Å². The van der Waals surface area contributed by atoms with Crippen LogP contribution in [0, 0.1) is 11.6 Å². The van der Waals surface area contributed by atoms with Crippen LogP contribution in [-0.2, 0) is 11.2 Å². The summed E-state index contributed by atoms with van der Waals surface area (Å²) in [7, 11) is 0. The van der Waals surface area contributed by atoms with Crippen LogP contribution < -0.4 is 5.32 Å². The van der Waals surface area contributed by atoms with Crippen LogP contribution in [0.3, 0.4) is 0 Å². The fourth-order valence-corrected chi connectivity index (χ4v) is 2.69. The molecule has 1 saturated heterocycles. The van der Waals surface area contributed by atoms with Crippen molar-refractivity contribution in [1.82, 2.24) is 10.2 Å². The first kappa shape index (κ1) is 14.9. The summed E-state index contributed by atoms with van der Waals surface area (Å²) in [5.74, 6) is -1.97. The lowest BCUT2D eigenvalue weighted by atomic mass is 10.0. The molecule has 1 aromatic rings. The van der Waals surface area contributed by atoms with E-state index in [0.717, 1.165) is 32.0 Å². The number of carbonyl (C=O) groups excluding carboxylic acids is 1. The number of hydrogen-bond donors (Lipinski definition) is 1. The van der Waals surface area contributed by atoms with Crippen molar-refractivity contribution >= 4 is 5.91 Å². The molecule has 1 aliphatic heterocycles. The maximum Gasteiger partial charge on any atom is 0.227 e. The van der Waals surface area contributed by atoms with Gasteiger partial charge in [0.15, 0.2) is 11.6 Å². The van der Waals surface area contributed by atoms with Crippen molar-refractivity contribution in [2.75, 3.05) is 19.6 Å². The van der Waals surface area contributed by atoms with E-state index in [0.29, 0.717) is 6.54 Å². The van der Waals surface area contributed by atoms with Crippen LogP contribution in [0.2, 0.25) is 0 Å². The predicted molar refractivity (Wildman–Crippen MR) is 73.3 cm³/mol. The van der Waals surface area contributed by atoms with E-state index in [9.17, 15) is 13.6 Å². The molecule has 5 heteroatoms. The van der Waals surface area contributed by atoms with Crippen LogP contribution >= 0.6 is 0 Å². The number of hydrogen-bond acceptors (Lipinski definition) is 2. The van der Waals surface area contributed by atoms with Gasteiger partial charge in [0.25, 0.3) is 0 Å². The molecule has 1 heterocycles. The van der Waals surface area contributed by atoms with Crippen molar-refractivity contribution in [2.45, 2.75) is 32.2 Å². The van der Waals surface area contributed by atoms with Gasteiger partial charge in [0.2, 0.25) is 5.91 Å². The van der Waals surface area contributed by atoms with E-state index >= 15 is 0 Å². The fraction of sp³-hybridized carbons (Fsp3) is 0.533. The van der Waals surface area contributed by atoms with Gasteiger partial charge in [-0.1, -0.05) is 12.1 Å². The van der Waals surface area contributed by atoms with Crippen LogP contribution in [0.5, 0.6) is 0 Å². The Labute approximate surface area is 118 Å². The normalized spacial score (nSPS) is 18.9. The molecule has 2 rings (SSSR count). The lowest BCUT2D eigenvalue weighted by Crippen LogP contribution is -2.49. The van der Waals surface area contributed by atoms with Crippen molar-refractivity contribution in [3.63, 3.8) is 0 Å². The summed E-state index contributed by atoms with van der Waals surface area (Å²) in [4.78, 5) is 14.1. The highest BCUT2D eigenvalue weighted by Crippen LogP contribution is 2.16. The van der Waals surface area contributed by atoms with E-state index in [1.165, 1.54) is 12.1 Å². The van der Waals surface area contributed by atoms with Gasteiger partial charge >= 0.3 is 0 Å². The lowest BCUT2D eigenvalue weighted by Gasteiger charge is -2.34. The van der Waals surface area contributed by atoms with Gasteiger partial charge in [0.1, 0.15) is 0 Å². The summed E-state index contributed by atoms with van der Waals surface area (Å²) in [6.45, 7) is 4.24. The average Bonchev–Trinajstić information content (AvgIpc) is 2.46. The highest BCUT2D eigenvalue weighted by molar-refractivity contribution is 5.79. The summed E-state index contributed by atoms with van der Waals surface area (Å²) in [6, 6.07) is 4.10. The minimum atomic E-state index is -0.918. The Morgan fingerprint density at radius 1 is 1.45 bits per heavy atom. The molecular formula is C15H20F2N2O. The third-order valence-electron chi connectivity index (χ3n) is 3.75. The average molecular weight is 282 g/mol. The first-order valence-corrected chi connectivity index (χ1v) is 7.06. The summed E-state index contributed by atoms with van der Waals surface area (Å²) < 4.78 is 26.8. The van der Waals surface area contributed by atoms with E-state index in [2.05, 4.69) is 5.32 Å². The number of carbonyl (C=O) groups is 1. The van der Waals surface area contributed by atoms with Crippen molar-refractivity contribution in [3.05, 3.63) is 35.4 Å². The first-order chi connectivity index (χ1) is 9.63. The van der Waals surface area contributed by atoms with Crippen LogP contribution in [0.15, 0.2) is 18.2 Å². The third-order valence-corrected chi connectivity index (χ3v) is 3.75. The summed E-state index contributed by atoms with van der Waals surface area (Å²) in [5.41, 5.74) is 0.122. The van der Waals surface area contributed by atoms with E-state index in [1.807, 2.05) is 6.92 Å². The second kappa shape index (κ2) is 6.79. The Bertz CT molecular complexity index is 473. The molecule has 1 aliphatic rings. The first-order valence-electron chi connectivity index (χ1n) is 7.06. The van der Waals surface area contributed by atoms with E-state index in [-0.39, 0.29) is 23.9 Å². The van der Waals surface area contributed by atoms with Crippen molar-refractivity contribution < 1.29 is 13.6 Å². The molecule has 3 nitrogen and oxygen atoms in total. The maximum atomic E-state index is 13.6. The smallest absolute Gasteiger partial charge is 0.227 e. The van der Waals surface area contributed by atoms with Gasteiger partial charge in [-0.15, -0.1) is 0 Å². The third kappa shape index (κ3) is 3.33. The summed E-state index contributed by atoms with van der Waals surface area (Å²) in [5, 5.41) is 3.26. The highest BCUT2D eigenvalue weighted by atomic mass is 19.2. The van der Waals surface area contributed by atoms with Gasteiger partial charge in [-0.25, -0.2) is 8.78 Å². The monoisotopic (exact) mass is 282 g/mol. The number of nitrogens with zero attached hydrogens (tertiary/aromatic N) is 1. The van der Waals surface area contributed by atoms with Gasteiger partial charge < -0.3 is 10.2 Å². The minimum absolute atomic E-state index is 0.0894. The van der Waals surface area contributed by atoms with Crippen LogP contribution in [0.25, 0.3) is 0 Å². The predicted octanol–water partition coefficient (Wildman–Crippen LogP) is 2.11. The molecule has 1 unspecified atom stereocenters. The Kier molecular flexibility index (Phi) is 5.06. The van der Waals surface area contributed by atoms with Crippen molar-refractivity contribution in [2.24, 2.45) is 0 Å². The number of nitrogens with one attached hydrogen (secondary N) is 1. The second-order valence-electron chi connectivity index (χ2n) is 5.07. The molecule has 0 saturated carbocycles. The SMILES string of the molecule is CCN(C(=O)Cc1cccc(F)c1F)C1CCCNC1. The Hall–Kier alpha value is -1.49. The second-order valence-corrected chi connectivity index (χ2v) is 5.07. The fourth-order valence-electron chi connectivity index (χ4n) is 2.69. The summed E-state index contributed by atoms with van der Waals surface area (Å²) >= 11 is 0. The molecule has 1 N–H and O–H groups in total. The standard InChI is InChI=1S/C15H20F2N2O/c1-2-19(12-6-4-8-18-10-12)14(20)9-11-5-3-7-13(16)15(11)17/h3,5,7,12,18H,2,4,6,8-10H2,1H3. The molecule has 0 aliphatic carbocycles. The minimum Gasteiger partial charge on any atom is -0.338 e. The van der Waals surface area contributed by atoms with Gasteiger partial charge in [-0.3, -0.25) is 4.79 Å². The molecule has 20 heavy (non-hydrogen) atoms. The molecule has 0 aromatic heterocycles. The number of benzene rings is 1. The van der Waals surface area contributed by atoms with Gasteiger partial charge in [-0.05, 0) is 32.4 Å². The largest absolute Gasteiger partial charge is 0.338 e. The number of rotatable bonds is 4. The van der Waals surface area contributed by atoms with E-state index in [4.69, 9.17) is 0 Å². The number of piperidine rings is 1. The van der Waals surface area contributed by atoms with E-state index in [1.54, 1.807) is 4.90 Å². The lowest BCUT2D eigenvalue weighted by molar-refractivity contribution is -0.133. The molecule has 1 fully saturated rings. The van der Waals surface area contributed by atoms with Gasteiger partial charge in [0.05, 0.1) is 6.42 Å². The van der Waals surface area contributed by atoms with Gasteiger partial charge in [-0.2, -0.15) is 0 Å². The molecule has 110 valence electrons. The Morgan fingerprint density at radius 3 is 2.90 bits per heavy atom. The quantitative estimate of drug-likeness (QED) is 0.917. The van der Waals surface area contributed by atoms with Crippen LogP contribution in [0.1, 0.15) is 25.3 Å². The van der Waals surface area contributed by atoms with Crippen LogP contribution in [-0.4, -0.2) is 36.5 Å². The zero-order valence-electron chi connectivity index (χ0n) is 11.7. The number of amides is 1. The molecule has 1 atom stereocenters. The Morgan fingerprint density at radius 2 is 2.25 bits per heavy atom. The molecular weight excluding hydrogens is 262 g/mol. The zero-order valence-corrected chi connectivity index (χ0v) is 11.7. The zero-order chi connectivity index (χ0) is 14.5. The van der Waals surface area contributed by atoms with E-state index < -0.39 is 11.6 Å². The topological polar surface area (TPSA) is 32.3 Å². The van der Waals surface area contributed by atoms with Crippen molar-refractivity contribution in [1.29, 1.82) is 0 Å². The maximum absolute atomic E-state index is 13.6. The number of halogens is 2. The number of likely N-dealkylation sites (N-methyl/N-ethyl adjacent to an activating group) is 1. The molecule has 1 amide bonds. The molecule has 0 radical (unpaired) electrons. The molecule has 0 bridgehead atoms. The highest BCUT2D eigenvalue weighted by Gasteiger charge is 2.24.